The third-order valence-electron chi connectivity index (χ3n) is 1.75. The molecule has 2 nitrogen and oxygen atoms in total. The molecule has 1 aliphatic rings. The number of cyclic esters (lactones) is 1. The molecule has 0 aliphatic carbocycles. The van der Waals surface area contributed by atoms with Crippen molar-refractivity contribution in [2.24, 2.45) is 0 Å². The first-order valence-corrected chi connectivity index (χ1v) is 5.26. The van der Waals surface area contributed by atoms with E-state index < -0.39 is 10.5 Å². The van der Waals surface area contributed by atoms with Crippen LogP contribution in [0.5, 0.6) is 0 Å². The Bertz CT molecular complexity index is 390. The minimum absolute atomic E-state index is 0.466. The SMILES string of the molecule is O=C1OC(Cl)(Cl)c2cccc(I)c21. The van der Waals surface area contributed by atoms with Gasteiger partial charge in [-0.15, -0.1) is 0 Å². The standard InChI is InChI=1S/C8H3Cl2IO2/c9-8(10)4-2-1-3-5(11)6(4)7(12)13-8/h1-3H. The third-order valence-corrected chi connectivity index (χ3v) is 3.21. The fraction of sp³-hybridized carbons (Fsp3) is 0.125. The lowest BCUT2D eigenvalue weighted by Crippen LogP contribution is -2.08. The Balaban J connectivity index is 2.72. The summed E-state index contributed by atoms with van der Waals surface area (Å²) in [6.07, 6.45) is 0. The normalized spacial score (nSPS) is 18.2. The highest BCUT2D eigenvalue weighted by molar-refractivity contribution is 14.1. The molecule has 0 amide bonds. The second kappa shape index (κ2) is 3.00. The summed E-state index contributed by atoms with van der Waals surface area (Å²) in [5.41, 5.74) is 0.987. The van der Waals surface area contributed by atoms with Crippen LogP contribution in [0.3, 0.4) is 0 Å². The molecule has 0 saturated carbocycles. The average Bonchev–Trinajstić information content (AvgIpc) is 2.24. The van der Waals surface area contributed by atoms with E-state index in [4.69, 9.17) is 27.9 Å². The minimum Gasteiger partial charge on any atom is -0.421 e. The van der Waals surface area contributed by atoms with Gasteiger partial charge in [-0.25, -0.2) is 4.79 Å². The Morgan fingerprint density at radius 3 is 2.69 bits per heavy atom. The van der Waals surface area contributed by atoms with E-state index in [0.29, 0.717) is 11.1 Å². The Hall–Kier alpha value is -0.000000000000000111. The molecule has 68 valence electrons. The molecule has 0 atom stereocenters. The number of fused-ring (bicyclic) bond motifs is 1. The second-order valence-corrected chi connectivity index (χ2v) is 4.99. The Morgan fingerprint density at radius 1 is 1.38 bits per heavy atom. The van der Waals surface area contributed by atoms with Crippen LogP contribution in [-0.2, 0) is 9.26 Å². The maximum Gasteiger partial charge on any atom is 0.342 e. The zero-order chi connectivity index (χ0) is 9.64. The molecule has 13 heavy (non-hydrogen) atoms. The summed E-state index contributed by atoms with van der Waals surface area (Å²) in [5, 5.41) is 0. The quantitative estimate of drug-likeness (QED) is 0.416. The Morgan fingerprint density at radius 2 is 2.08 bits per heavy atom. The van der Waals surface area contributed by atoms with Crippen molar-refractivity contribution in [2.45, 2.75) is 4.52 Å². The van der Waals surface area contributed by atoms with Crippen LogP contribution in [0, 0.1) is 3.57 Å². The topological polar surface area (TPSA) is 26.3 Å². The number of carbonyl (C=O) groups excluding carboxylic acids is 1. The number of alkyl halides is 2. The van der Waals surface area contributed by atoms with Gasteiger partial charge in [-0.05, 0) is 28.7 Å². The van der Waals surface area contributed by atoms with E-state index in [2.05, 4.69) is 0 Å². The maximum absolute atomic E-state index is 11.3. The highest BCUT2D eigenvalue weighted by Gasteiger charge is 2.43. The van der Waals surface area contributed by atoms with E-state index in [9.17, 15) is 4.79 Å². The molecule has 0 saturated heterocycles. The summed E-state index contributed by atoms with van der Waals surface area (Å²) in [4.78, 5) is 11.3. The highest BCUT2D eigenvalue weighted by Crippen LogP contribution is 2.44. The largest absolute Gasteiger partial charge is 0.421 e. The lowest BCUT2D eigenvalue weighted by Gasteiger charge is -2.10. The van der Waals surface area contributed by atoms with Crippen LogP contribution < -0.4 is 0 Å². The van der Waals surface area contributed by atoms with Crippen LogP contribution in [0.25, 0.3) is 0 Å². The molecule has 1 heterocycles. The van der Waals surface area contributed by atoms with Gasteiger partial charge in [0.05, 0.1) is 5.56 Å². The molecule has 1 aromatic carbocycles. The predicted molar refractivity (Wildman–Crippen MR) is 58.0 cm³/mol. The molecule has 1 aliphatic heterocycles. The van der Waals surface area contributed by atoms with Crippen molar-refractivity contribution < 1.29 is 9.53 Å². The van der Waals surface area contributed by atoms with Gasteiger partial charge in [-0.1, -0.05) is 35.3 Å². The van der Waals surface area contributed by atoms with Crippen molar-refractivity contribution in [3.63, 3.8) is 0 Å². The van der Waals surface area contributed by atoms with Crippen LogP contribution in [0.2, 0.25) is 0 Å². The summed E-state index contributed by atoms with van der Waals surface area (Å²) >= 11 is 13.6. The van der Waals surface area contributed by atoms with Gasteiger partial charge in [0.15, 0.2) is 0 Å². The second-order valence-electron chi connectivity index (χ2n) is 2.57. The fourth-order valence-corrected chi connectivity index (χ4v) is 2.37. The Kier molecular flexibility index (Phi) is 2.20. The van der Waals surface area contributed by atoms with E-state index in [-0.39, 0.29) is 0 Å². The number of hydrogen-bond acceptors (Lipinski definition) is 2. The van der Waals surface area contributed by atoms with Gasteiger partial charge < -0.3 is 4.74 Å². The van der Waals surface area contributed by atoms with Crippen LogP contribution in [0.4, 0.5) is 0 Å². The molecule has 1 aromatic rings. The van der Waals surface area contributed by atoms with Crippen molar-refractivity contribution in [1.82, 2.24) is 0 Å². The lowest BCUT2D eigenvalue weighted by molar-refractivity contribution is 0.0447. The van der Waals surface area contributed by atoms with Gasteiger partial charge in [-0.2, -0.15) is 0 Å². The van der Waals surface area contributed by atoms with Crippen LogP contribution in [0.1, 0.15) is 15.9 Å². The molecular weight excluding hydrogens is 326 g/mol. The molecule has 5 heteroatoms. The maximum atomic E-state index is 11.3. The fourth-order valence-electron chi connectivity index (χ4n) is 1.20. The average molecular weight is 329 g/mol. The molecule has 0 unspecified atom stereocenters. The van der Waals surface area contributed by atoms with Crippen molar-refractivity contribution in [3.05, 3.63) is 32.9 Å². The van der Waals surface area contributed by atoms with Gasteiger partial charge in [0.1, 0.15) is 0 Å². The van der Waals surface area contributed by atoms with E-state index in [1.54, 1.807) is 18.2 Å². The molecule has 0 N–H and O–H groups in total. The monoisotopic (exact) mass is 328 g/mol. The van der Waals surface area contributed by atoms with Gasteiger partial charge >= 0.3 is 5.97 Å². The number of rotatable bonds is 0. The Labute approximate surface area is 98.3 Å². The third kappa shape index (κ3) is 1.43. The summed E-state index contributed by atoms with van der Waals surface area (Å²) in [6, 6.07) is 5.26. The molecule has 0 spiro atoms. The summed E-state index contributed by atoms with van der Waals surface area (Å²) in [6.45, 7) is 0. The summed E-state index contributed by atoms with van der Waals surface area (Å²) < 4.78 is 4.06. The number of esters is 1. The van der Waals surface area contributed by atoms with E-state index in [1.165, 1.54) is 0 Å². The molecule has 0 bridgehead atoms. The van der Waals surface area contributed by atoms with Gasteiger partial charge in [0.25, 0.3) is 4.52 Å². The van der Waals surface area contributed by atoms with E-state index in [1.807, 2.05) is 22.6 Å². The first-order valence-electron chi connectivity index (χ1n) is 3.42. The zero-order valence-corrected chi connectivity index (χ0v) is 9.85. The summed E-state index contributed by atoms with van der Waals surface area (Å²) in [7, 11) is 0. The molecule has 2 rings (SSSR count). The van der Waals surface area contributed by atoms with Crippen molar-refractivity contribution >= 4 is 51.8 Å². The van der Waals surface area contributed by atoms with Crippen molar-refractivity contribution in [2.75, 3.05) is 0 Å². The number of halogens is 3. The number of carbonyl (C=O) groups is 1. The highest BCUT2D eigenvalue weighted by atomic mass is 127. The zero-order valence-electron chi connectivity index (χ0n) is 6.18. The van der Waals surface area contributed by atoms with Crippen molar-refractivity contribution in [1.29, 1.82) is 0 Å². The first-order chi connectivity index (χ1) is 6.02. The van der Waals surface area contributed by atoms with Gasteiger partial charge in [0.2, 0.25) is 0 Å². The number of ether oxygens (including phenoxy) is 1. The van der Waals surface area contributed by atoms with Gasteiger partial charge in [0, 0.05) is 9.13 Å². The molecular formula is C8H3Cl2IO2. The molecule has 0 fully saturated rings. The number of benzene rings is 1. The van der Waals surface area contributed by atoms with Crippen LogP contribution in [0.15, 0.2) is 18.2 Å². The lowest BCUT2D eigenvalue weighted by atomic mass is 10.1. The smallest absolute Gasteiger partial charge is 0.342 e. The van der Waals surface area contributed by atoms with Gasteiger partial charge in [-0.3, -0.25) is 0 Å². The van der Waals surface area contributed by atoms with Crippen LogP contribution in [-0.4, -0.2) is 5.97 Å². The summed E-state index contributed by atoms with van der Waals surface area (Å²) in [5.74, 6) is -0.468. The van der Waals surface area contributed by atoms with E-state index in [0.717, 1.165) is 3.57 Å². The van der Waals surface area contributed by atoms with Crippen molar-refractivity contribution in [3.8, 4) is 0 Å². The first kappa shape index (κ1) is 9.55. The minimum atomic E-state index is -1.52. The number of hydrogen-bond donors (Lipinski definition) is 0. The molecule has 0 aromatic heterocycles. The predicted octanol–water partition coefficient (Wildman–Crippen LogP) is 3.05. The van der Waals surface area contributed by atoms with E-state index >= 15 is 0 Å². The van der Waals surface area contributed by atoms with Crippen LogP contribution >= 0.6 is 45.8 Å². The molecule has 0 radical (unpaired) electrons.